The number of amides is 1. The molecule has 98 valence electrons. The molecule has 6 nitrogen and oxygen atoms in total. The fraction of sp³-hybridized carbons (Fsp3) is 0.154. The Bertz CT molecular complexity index is 608. The van der Waals surface area contributed by atoms with Crippen molar-refractivity contribution in [3.8, 4) is 0 Å². The molecule has 2 aromatic heterocycles. The molecule has 0 aromatic carbocycles. The average Bonchev–Trinajstić information content (AvgIpc) is 3.00. The number of aromatic nitrogens is 2. The molecule has 0 aliphatic rings. The third-order valence-corrected chi connectivity index (χ3v) is 2.29. The number of H-pyrrole nitrogens is 1. The first-order valence-corrected chi connectivity index (χ1v) is 5.72. The second kappa shape index (κ2) is 5.81. The highest BCUT2D eigenvalue weighted by atomic mass is 16.3. The standard InChI is InChI=1S/C13H14N4O2/c1-9(6-11-4-3-5-19-11)8-14-17-13(18)12-7-10(2)15-16-12/h3-8H,1-2H3,(H,15,16)(H,17,18)/b9-6+,14-8+. The van der Waals surface area contributed by atoms with Gasteiger partial charge in [-0.2, -0.15) is 10.2 Å². The van der Waals surface area contributed by atoms with Crippen LogP contribution in [-0.2, 0) is 0 Å². The van der Waals surface area contributed by atoms with Crippen molar-refractivity contribution in [1.82, 2.24) is 15.6 Å². The molecule has 0 bridgehead atoms. The zero-order valence-corrected chi connectivity index (χ0v) is 10.7. The lowest BCUT2D eigenvalue weighted by Crippen LogP contribution is -2.17. The van der Waals surface area contributed by atoms with Gasteiger partial charge in [-0.1, -0.05) is 0 Å². The Labute approximate surface area is 110 Å². The molecule has 0 saturated heterocycles. The van der Waals surface area contributed by atoms with Gasteiger partial charge < -0.3 is 4.42 Å². The fourth-order valence-corrected chi connectivity index (χ4v) is 1.42. The Hall–Kier alpha value is -2.63. The molecule has 0 radical (unpaired) electrons. The predicted octanol–water partition coefficient (Wildman–Crippen LogP) is 2.13. The van der Waals surface area contributed by atoms with E-state index in [9.17, 15) is 4.79 Å². The maximum Gasteiger partial charge on any atom is 0.291 e. The number of hydrazone groups is 1. The van der Waals surface area contributed by atoms with Gasteiger partial charge in [-0.05, 0) is 43.7 Å². The van der Waals surface area contributed by atoms with E-state index in [0.29, 0.717) is 5.69 Å². The summed E-state index contributed by atoms with van der Waals surface area (Å²) in [6.45, 7) is 3.68. The number of allylic oxidation sites excluding steroid dienone is 1. The monoisotopic (exact) mass is 258 g/mol. The lowest BCUT2D eigenvalue weighted by atomic mass is 10.3. The topological polar surface area (TPSA) is 83.3 Å². The van der Waals surface area contributed by atoms with E-state index in [-0.39, 0.29) is 5.91 Å². The Kier molecular flexibility index (Phi) is 3.92. The van der Waals surface area contributed by atoms with Gasteiger partial charge in [0.05, 0.1) is 12.5 Å². The predicted molar refractivity (Wildman–Crippen MR) is 71.6 cm³/mol. The van der Waals surface area contributed by atoms with E-state index >= 15 is 0 Å². The first kappa shape index (κ1) is 12.8. The summed E-state index contributed by atoms with van der Waals surface area (Å²) >= 11 is 0. The quantitative estimate of drug-likeness (QED) is 0.651. The van der Waals surface area contributed by atoms with Crippen LogP contribution in [0.1, 0.15) is 28.9 Å². The van der Waals surface area contributed by atoms with Gasteiger partial charge in [-0.15, -0.1) is 0 Å². The van der Waals surface area contributed by atoms with Crippen LogP contribution in [0.15, 0.2) is 39.6 Å². The Balaban J connectivity index is 1.91. The van der Waals surface area contributed by atoms with Gasteiger partial charge in [0.1, 0.15) is 5.76 Å². The lowest BCUT2D eigenvalue weighted by Gasteiger charge is -1.94. The zero-order valence-electron chi connectivity index (χ0n) is 10.7. The number of carbonyl (C=O) groups excluding carboxylic acids is 1. The smallest absolute Gasteiger partial charge is 0.291 e. The van der Waals surface area contributed by atoms with E-state index in [1.165, 1.54) is 0 Å². The Morgan fingerprint density at radius 2 is 2.42 bits per heavy atom. The van der Waals surface area contributed by atoms with Crippen LogP contribution >= 0.6 is 0 Å². The summed E-state index contributed by atoms with van der Waals surface area (Å²) < 4.78 is 5.16. The van der Waals surface area contributed by atoms with Crippen LogP contribution in [0.3, 0.4) is 0 Å². The number of hydrogen-bond acceptors (Lipinski definition) is 4. The summed E-state index contributed by atoms with van der Waals surface area (Å²) in [4.78, 5) is 11.6. The van der Waals surface area contributed by atoms with Crippen LogP contribution in [-0.4, -0.2) is 22.3 Å². The summed E-state index contributed by atoms with van der Waals surface area (Å²) in [5, 5.41) is 10.4. The number of aromatic amines is 1. The number of aryl methyl sites for hydroxylation is 1. The highest BCUT2D eigenvalue weighted by molar-refractivity contribution is 5.93. The van der Waals surface area contributed by atoms with E-state index in [4.69, 9.17) is 4.42 Å². The number of furan rings is 1. The third kappa shape index (κ3) is 3.67. The minimum absolute atomic E-state index is 0.308. The minimum Gasteiger partial charge on any atom is -0.465 e. The molecule has 2 aromatic rings. The van der Waals surface area contributed by atoms with Gasteiger partial charge in [0.2, 0.25) is 0 Å². The van der Waals surface area contributed by atoms with Crippen molar-refractivity contribution in [2.24, 2.45) is 5.10 Å². The number of carbonyl (C=O) groups is 1. The average molecular weight is 258 g/mol. The highest BCUT2D eigenvalue weighted by Gasteiger charge is 2.07. The molecule has 0 unspecified atom stereocenters. The third-order valence-electron chi connectivity index (χ3n) is 2.29. The molecule has 1 amide bonds. The molecule has 0 aliphatic heterocycles. The maximum atomic E-state index is 11.6. The van der Waals surface area contributed by atoms with Gasteiger partial charge in [-0.25, -0.2) is 5.43 Å². The number of nitrogens with one attached hydrogen (secondary N) is 2. The van der Waals surface area contributed by atoms with Crippen LogP contribution in [0.25, 0.3) is 6.08 Å². The highest BCUT2D eigenvalue weighted by Crippen LogP contribution is 2.05. The van der Waals surface area contributed by atoms with E-state index in [1.807, 2.05) is 26.0 Å². The van der Waals surface area contributed by atoms with Crippen molar-refractivity contribution >= 4 is 18.2 Å². The lowest BCUT2D eigenvalue weighted by molar-refractivity contribution is 0.0950. The van der Waals surface area contributed by atoms with Crippen molar-refractivity contribution in [2.45, 2.75) is 13.8 Å². The molecule has 6 heteroatoms. The van der Waals surface area contributed by atoms with Crippen molar-refractivity contribution in [1.29, 1.82) is 0 Å². The van der Waals surface area contributed by atoms with Crippen LogP contribution in [0.2, 0.25) is 0 Å². The van der Waals surface area contributed by atoms with Crippen LogP contribution in [0.5, 0.6) is 0 Å². The van der Waals surface area contributed by atoms with E-state index in [0.717, 1.165) is 17.0 Å². The first-order chi connectivity index (χ1) is 9.15. The SMILES string of the molecule is CC(/C=N/NC(=O)c1cc(C)[nH]n1)=C\c1ccco1. The normalized spacial score (nSPS) is 12.0. The molecule has 0 atom stereocenters. The van der Waals surface area contributed by atoms with Gasteiger partial charge >= 0.3 is 0 Å². The largest absolute Gasteiger partial charge is 0.465 e. The molecule has 19 heavy (non-hydrogen) atoms. The van der Waals surface area contributed by atoms with E-state index < -0.39 is 0 Å². The summed E-state index contributed by atoms with van der Waals surface area (Å²) in [6.07, 6.45) is 4.95. The molecule has 0 fully saturated rings. The zero-order chi connectivity index (χ0) is 13.7. The molecule has 0 saturated carbocycles. The molecule has 2 rings (SSSR count). The maximum absolute atomic E-state index is 11.6. The molecule has 0 spiro atoms. The minimum atomic E-state index is -0.355. The molecule has 2 N–H and O–H groups in total. The fourth-order valence-electron chi connectivity index (χ4n) is 1.42. The Morgan fingerprint density at radius 3 is 3.05 bits per heavy atom. The summed E-state index contributed by atoms with van der Waals surface area (Å²) in [6, 6.07) is 5.29. The second-order valence-corrected chi connectivity index (χ2v) is 4.04. The number of nitrogens with zero attached hydrogens (tertiary/aromatic N) is 2. The summed E-state index contributed by atoms with van der Waals surface area (Å²) in [5.41, 5.74) is 4.38. The summed E-state index contributed by atoms with van der Waals surface area (Å²) in [5.74, 6) is 0.379. The van der Waals surface area contributed by atoms with Crippen molar-refractivity contribution < 1.29 is 9.21 Å². The van der Waals surface area contributed by atoms with Crippen molar-refractivity contribution in [2.75, 3.05) is 0 Å². The first-order valence-electron chi connectivity index (χ1n) is 5.72. The van der Waals surface area contributed by atoms with E-state index in [1.54, 1.807) is 24.6 Å². The van der Waals surface area contributed by atoms with E-state index in [2.05, 4.69) is 20.7 Å². The number of hydrogen-bond donors (Lipinski definition) is 2. The van der Waals surface area contributed by atoms with Crippen LogP contribution in [0.4, 0.5) is 0 Å². The van der Waals surface area contributed by atoms with Gasteiger partial charge in [0.15, 0.2) is 5.69 Å². The van der Waals surface area contributed by atoms with Gasteiger partial charge in [0.25, 0.3) is 5.91 Å². The number of rotatable bonds is 4. The van der Waals surface area contributed by atoms with Crippen LogP contribution < -0.4 is 5.43 Å². The van der Waals surface area contributed by atoms with Gasteiger partial charge in [0, 0.05) is 5.69 Å². The molecular weight excluding hydrogens is 244 g/mol. The van der Waals surface area contributed by atoms with Crippen LogP contribution in [0, 0.1) is 6.92 Å². The van der Waals surface area contributed by atoms with Crippen molar-refractivity contribution in [3.63, 3.8) is 0 Å². The summed E-state index contributed by atoms with van der Waals surface area (Å²) in [7, 11) is 0. The van der Waals surface area contributed by atoms with Gasteiger partial charge in [-0.3, -0.25) is 9.89 Å². The Morgan fingerprint density at radius 1 is 1.58 bits per heavy atom. The molecule has 0 aliphatic carbocycles. The molecule has 2 heterocycles. The van der Waals surface area contributed by atoms with Crippen molar-refractivity contribution in [3.05, 3.63) is 47.2 Å². The molecular formula is C13H14N4O2. The second-order valence-electron chi connectivity index (χ2n) is 4.04.